The Bertz CT molecular complexity index is 816. The standard InChI is InChI=1S/C18H24N2O4S2/c1-14-3-4-17(23-2)18(11-14)26(21,22)19-12-16(15-5-10-25-13-15)20-6-8-24-9-7-20/h3-5,10-11,13,16,19H,6-9,12H2,1-2H3/t16-/m0/s1. The van der Waals surface area contributed by atoms with Crippen LogP contribution in [0.25, 0.3) is 0 Å². The number of hydrogen-bond acceptors (Lipinski definition) is 6. The molecule has 1 aromatic carbocycles. The summed E-state index contributed by atoms with van der Waals surface area (Å²) in [7, 11) is -2.20. The molecular formula is C18H24N2O4S2. The Morgan fingerprint density at radius 1 is 1.31 bits per heavy atom. The Morgan fingerprint density at radius 3 is 2.73 bits per heavy atom. The SMILES string of the molecule is COc1ccc(C)cc1S(=O)(=O)NC[C@@H](c1ccsc1)N1CCOCC1. The van der Waals surface area contributed by atoms with Crippen LogP contribution in [0, 0.1) is 6.92 Å². The quantitative estimate of drug-likeness (QED) is 0.778. The van der Waals surface area contributed by atoms with Crippen LogP contribution in [-0.4, -0.2) is 53.3 Å². The molecule has 0 aliphatic carbocycles. The first-order valence-corrected chi connectivity index (χ1v) is 10.9. The highest BCUT2D eigenvalue weighted by Gasteiger charge is 2.26. The van der Waals surface area contributed by atoms with Gasteiger partial charge in [0, 0.05) is 25.7 Å². The average molecular weight is 397 g/mol. The summed E-state index contributed by atoms with van der Waals surface area (Å²) in [5, 5.41) is 4.09. The number of rotatable bonds is 7. The Labute approximate surface area is 158 Å². The first-order valence-electron chi connectivity index (χ1n) is 8.49. The molecule has 1 saturated heterocycles. The minimum atomic E-state index is -3.68. The summed E-state index contributed by atoms with van der Waals surface area (Å²) in [5.74, 6) is 0.349. The van der Waals surface area contributed by atoms with E-state index in [0.717, 1.165) is 24.2 Å². The number of morpholine rings is 1. The summed E-state index contributed by atoms with van der Waals surface area (Å²) in [6.45, 7) is 5.07. The van der Waals surface area contributed by atoms with E-state index in [2.05, 4.69) is 15.0 Å². The fourth-order valence-corrected chi connectivity index (χ4v) is 5.07. The largest absolute Gasteiger partial charge is 0.495 e. The predicted molar refractivity (Wildman–Crippen MR) is 102 cm³/mol. The smallest absolute Gasteiger partial charge is 0.244 e. The van der Waals surface area contributed by atoms with Crippen molar-refractivity contribution in [1.29, 1.82) is 0 Å². The molecular weight excluding hydrogens is 372 g/mol. The van der Waals surface area contributed by atoms with Crippen molar-refractivity contribution in [3.8, 4) is 5.75 Å². The second-order valence-electron chi connectivity index (χ2n) is 6.23. The van der Waals surface area contributed by atoms with Crippen LogP contribution in [0.2, 0.25) is 0 Å². The van der Waals surface area contributed by atoms with Crippen molar-refractivity contribution in [3.63, 3.8) is 0 Å². The first-order chi connectivity index (χ1) is 12.5. The highest BCUT2D eigenvalue weighted by atomic mass is 32.2. The number of thiophene rings is 1. The summed E-state index contributed by atoms with van der Waals surface area (Å²) < 4.78 is 39.2. The summed E-state index contributed by atoms with van der Waals surface area (Å²) in [5.41, 5.74) is 1.99. The van der Waals surface area contributed by atoms with Crippen molar-refractivity contribution in [2.45, 2.75) is 17.9 Å². The third-order valence-electron chi connectivity index (χ3n) is 4.49. The predicted octanol–water partition coefficient (Wildman–Crippen LogP) is 2.42. The number of benzene rings is 1. The summed E-state index contributed by atoms with van der Waals surface area (Å²) in [6, 6.07) is 7.18. The number of nitrogens with zero attached hydrogens (tertiary/aromatic N) is 1. The zero-order valence-electron chi connectivity index (χ0n) is 15.0. The highest BCUT2D eigenvalue weighted by molar-refractivity contribution is 7.89. The van der Waals surface area contributed by atoms with Gasteiger partial charge in [-0.25, -0.2) is 13.1 Å². The number of aryl methyl sites for hydroxylation is 1. The van der Waals surface area contributed by atoms with E-state index in [1.54, 1.807) is 23.5 Å². The van der Waals surface area contributed by atoms with Gasteiger partial charge in [0.05, 0.1) is 20.3 Å². The van der Waals surface area contributed by atoms with Gasteiger partial charge in [0.2, 0.25) is 10.0 Å². The van der Waals surface area contributed by atoms with Gasteiger partial charge in [-0.1, -0.05) is 6.07 Å². The van der Waals surface area contributed by atoms with Crippen LogP contribution < -0.4 is 9.46 Å². The molecule has 26 heavy (non-hydrogen) atoms. The third-order valence-corrected chi connectivity index (χ3v) is 6.64. The lowest BCUT2D eigenvalue weighted by atomic mass is 10.1. The first kappa shape index (κ1) is 19.3. The average Bonchev–Trinajstić information content (AvgIpc) is 3.17. The summed E-state index contributed by atoms with van der Waals surface area (Å²) in [6.07, 6.45) is 0. The molecule has 0 spiro atoms. The number of methoxy groups -OCH3 is 1. The van der Waals surface area contributed by atoms with Gasteiger partial charge < -0.3 is 9.47 Å². The lowest BCUT2D eigenvalue weighted by Crippen LogP contribution is -2.43. The van der Waals surface area contributed by atoms with E-state index in [1.807, 2.05) is 24.4 Å². The lowest BCUT2D eigenvalue weighted by molar-refractivity contribution is 0.0173. The fraction of sp³-hybridized carbons (Fsp3) is 0.444. The molecule has 1 N–H and O–H groups in total. The lowest BCUT2D eigenvalue weighted by Gasteiger charge is -2.34. The van der Waals surface area contributed by atoms with Gasteiger partial charge in [0.1, 0.15) is 10.6 Å². The van der Waals surface area contributed by atoms with Gasteiger partial charge in [-0.15, -0.1) is 0 Å². The van der Waals surface area contributed by atoms with E-state index < -0.39 is 10.0 Å². The Balaban J connectivity index is 1.81. The van der Waals surface area contributed by atoms with Gasteiger partial charge in [-0.05, 0) is 47.0 Å². The van der Waals surface area contributed by atoms with Crippen LogP contribution in [0.3, 0.4) is 0 Å². The maximum absolute atomic E-state index is 12.9. The normalized spacial score (nSPS) is 17.2. The van der Waals surface area contributed by atoms with E-state index in [-0.39, 0.29) is 10.9 Å². The second-order valence-corrected chi connectivity index (χ2v) is 8.74. The molecule has 1 fully saturated rings. The third kappa shape index (κ3) is 4.44. The molecule has 0 radical (unpaired) electrons. The van der Waals surface area contributed by atoms with Crippen molar-refractivity contribution >= 4 is 21.4 Å². The van der Waals surface area contributed by atoms with Gasteiger partial charge in [-0.2, -0.15) is 11.3 Å². The van der Waals surface area contributed by atoms with Crippen molar-refractivity contribution in [3.05, 3.63) is 46.2 Å². The molecule has 0 unspecified atom stereocenters. The van der Waals surface area contributed by atoms with Crippen LogP contribution in [0.5, 0.6) is 5.75 Å². The van der Waals surface area contributed by atoms with Crippen LogP contribution in [0.1, 0.15) is 17.2 Å². The Morgan fingerprint density at radius 2 is 2.08 bits per heavy atom. The number of sulfonamides is 1. The van der Waals surface area contributed by atoms with Crippen LogP contribution in [0.15, 0.2) is 39.9 Å². The van der Waals surface area contributed by atoms with Gasteiger partial charge in [-0.3, -0.25) is 4.90 Å². The van der Waals surface area contributed by atoms with Crippen LogP contribution in [0.4, 0.5) is 0 Å². The molecule has 8 heteroatoms. The molecule has 2 heterocycles. The zero-order chi connectivity index (χ0) is 18.6. The number of ether oxygens (including phenoxy) is 2. The van der Waals surface area contributed by atoms with E-state index in [1.165, 1.54) is 7.11 Å². The minimum Gasteiger partial charge on any atom is -0.495 e. The van der Waals surface area contributed by atoms with Crippen molar-refractivity contribution in [2.75, 3.05) is 40.0 Å². The van der Waals surface area contributed by atoms with Crippen molar-refractivity contribution < 1.29 is 17.9 Å². The van der Waals surface area contributed by atoms with Crippen molar-refractivity contribution in [2.24, 2.45) is 0 Å². The molecule has 0 bridgehead atoms. The molecule has 0 amide bonds. The number of nitrogens with one attached hydrogen (secondary N) is 1. The Kier molecular flexibility index (Phi) is 6.31. The number of hydrogen-bond donors (Lipinski definition) is 1. The maximum atomic E-state index is 12.9. The zero-order valence-corrected chi connectivity index (χ0v) is 16.6. The van der Waals surface area contributed by atoms with E-state index in [9.17, 15) is 8.42 Å². The maximum Gasteiger partial charge on any atom is 0.244 e. The van der Waals surface area contributed by atoms with Gasteiger partial charge in [0.25, 0.3) is 0 Å². The molecule has 3 rings (SSSR count). The monoisotopic (exact) mass is 396 g/mol. The minimum absolute atomic E-state index is 0.0178. The van der Waals surface area contributed by atoms with Gasteiger partial charge in [0.15, 0.2) is 0 Å². The molecule has 2 aromatic rings. The van der Waals surface area contributed by atoms with Crippen LogP contribution in [-0.2, 0) is 14.8 Å². The molecule has 1 aromatic heterocycles. The summed E-state index contributed by atoms with van der Waals surface area (Å²) >= 11 is 1.61. The van der Waals surface area contributed by atoms with E-state index in [4.69, 9.17) is 9.47 Å². The van der Waals surface area contributed by atoms with Crippen LogP contribution >= 0.6 is 11.3 Å². The van der Waals surface area contributed by atoms with Crippen molar-refractivity contribution in [1.82, 2.24) is 9.62 Å². The molecule has 6 nitrogen and oxygen atoms in total. The highest BCUT2D eigenvalue weighted by Crippen LogP contribution is 2.27. The topological polar surface area (TPSA) is 67.9 Å². The second kappa shape index (κ2) is 8.49. The fourth-order valence-electron chi connectivity index (χ4n) is 3.07. The van der Waals surface area contributed by atoms with E-state index >= 15 is 0 Å². The molecule has 1 aliphatic rings. The summed E-state index contributed by atoms with van der Waals surface area (Å²) in [4.78, 5) is 2.44. The molecule has 1 aliphatic heterocycles. The van der Waals surface area contributed by atoms with E-state index in [0.29, 0.717) is 25.5 Å². The molecule has 0 saturated carbocycles. The molecule has 1 atom stereocenters. The van der Waals surface area contributed by atoms with Gasteiger partial charge >= 0.3 is 0 Å². The Hall–Kier alpha value is -1.45. The molecule has 142 valence electrons.